The smallest absolute Gasteiger partial charge is 0.191 e. The molecule has 0 aliphatic heterocycles. The fourth-order valence-corrected chi connectivity index (χ4v) is 3.31. The number of nitrogens with zero attached hydrogens (tertiary/aromatic N) is 1. The van der Waals surface area contributed by atoms with Crippen molar-refractivity contribution in [2.24, 2.45) is 4.99 Å². The maximum absolute atomic E-state index is 5.27. The van der Waals surface area contributed by atoms with Crippen molar-refractivity contribution in [1.82, 2.24) is 10.6 Å². The van der Waals surface area contributed by atoms with Gasteiger partial charge in [-0.25, -0.2) is 0 Å². The van der Waals surface area contributed by atoms with Gasteiger partial charge in [-0.15, -0.1) is 11.8 Å². The van der Waals surface area contributed by atoms with E-state index in [1.807, 2.05) is 12.1 Å². The average Bonchev–Trinajstić information content (AvgIpc) is 2.64. The van der Waals surface area contributed by atoms with Crippen LogP contribution >= 0.6 is 11.8 Å². The lowest BCUT2D eigenvalue weighted by Gasteiger charge is -2.15. The number of benzene rings is 2. The SMILES string of the molecule is CN=C(NCc1ccccc1COC)NCc1ccc(C)cc1SC. The maximum Gasteiger partial charge on any atom is 0.191 e. The summed E-state index contributed by atoms with van der Waals surface area (Å²) in [5.74, 6) is 0.792. The Morgan fingerprint density at radius 1 is 1.04 bits per heavy atom. The largest absolute Gasteiger partial charge is 0.380 e. The van der Waals surface area contributed by atoms with E-state index in [9.17, 15) is 0 Å². The molecule has 2 rings (SSSR count). The highest BCUT2D eigenvalue weighted by atomic mass is 32.2. The summed E-state index contributed by atoms with van der Waals surface area (Å²) in [5.41, 5.74) is 4.97. The first-order valence-corrected chi connectivity index (χ1v) is 9.54. The molecule has 0 aromatic heterocycles. The predicted octanol–water partition coefficient (Wildman–Crippen LogP) is 3.73. The highest BCUT2D eigenvalue weighted by molar-refractivity contribution is 7.98. The second kappa shape index (κ2) is 10.1. The van der Waals surface area contributed by atoms with Gasteiger partial charge < -0.3 is 15.4 Å². The number of aliphatic imine (C=N–C) groups is 1. The van der Waals surface area contributed by atoms with Crippen molar-refractivity contribution in [1.29, 1.82) is 0 Å². The number of thioether (sulfide) groups is 1. The van der Waals surface area contributed by atoms with Gasteiger partial charge >= 0.3 is 0 Å². The van der Waals surface area contributed by atoms with Gasteiger partial charge in [0.2, 0.25) is 0 Å². The number of methoxy groups -OCH3 is 1. The zero-order chi connectivity index (χ0) is 18.1. The summed E-state index contributed by atoms with van der Waals surface area (Å²) in [4.78, 5) is 5.62. The number of aryl methyl sites for hydroxylation is 1. The number of rotatable bonds is 7. The summed E-state index contributed by atoms with van der Waals surface area (Å²) < 4.78 is 5.27. The van der Waals surface area contributed by atoms with Gasteiger partial charge in [-0.3, -0.25) is 4.99 Å². The van der Waals surface area contributed by atoms with Crippen LogP contribution in [0.3, 0.4) is 0 Å². The van der Waals surface area contributed by atoms with Gasteiger partial charge in [-0.2, -0.15) is 0 Å². The summed E-state index contributed by atoms with van der Waals surface area (Å²) in [7, 11) is 3.51. The molecule has 2 N–H and O–H groups in total. The molecule has 0 amide bonds. The van der Waals surface area contributed by atoms with E-state index >= 15 is 0 Å². The molecule has 0 atom stereocenters. The molecule has 0 saturated carbocycles. The van der Waals surface area contributed by atoms with Crippen LogP contribution in [-0.2, 0) is 24.4 Å². The summed E-state index contributed by atoms with van der Waals surface area (Å²) in [5, 5.41) is 6.78. The molecule has 0 spiro atoms. The lowest BCUT2D eigenvalue weighted by Crippen LogP contribution is -2.36. The van der Waals surface area contributed by atoms with Crippen molar-refractivity contribution >= 4 is 17.7 Å². The van der Waals surface area contributed by atoms with Crippen LogP contribution in [0.4, 0.5) is 0 Å². The zero-order valence-corrected chi connectivity index (χ0v) is 16.2. The molecular formula is C20H27N3OS. The maximum atomic E-state index is 5.27. The number of hydrogen-bond acceptors (Lipinski definition) is 3. The van der Waals surface area contributed by atoms with Crippen molar-refractivity contribution in [3.8, 4) is 0 Å². The molecule has 134 valence electrons. The van der Waals surface area contributed by atoms with Crippen LogP contribution in [0.15, 0.2) is 52.4 Å². The molecule has 0 aliphatic rings. The highest BCUT2D eigenvalue weighted by Crippen LogP contribution is 2.21. The Bertz CT molecular complexity index is 716. The molecule has 0 bridgehead atoms. The number of hydrogen-bond donors (Lipinski definition) is 2. The van der Waals surface area contributed by atoms with Crippen LogP contribution in [0.1, 0.15) is 22.3 Å². The zero-order valence-electron chi connectivity index (χ0n) is 15.4. The first-order chi connectivity index (χ1) is 12.2. The third-order valence-electron chi connectivity index (χ3n) is 3.98. The first kappa shape index (κ1) is 19.3. The molecule has 0 fully saturated rings. The van der Waals surface area contributed by atoms with Crippen LogP contribution < -0.4 is 10.6 Å². The standard InChI is InChI=1S/C20H27N3OS/c1-15-9-10-17(19(11-15)25-4)13-23-20(21-2)22-12-16-7-5-6-8-18(16)14-24-3/h5-11H,12-14H2,1-4H3,(H2,21,22,23). The molecule has 4 nitrogen and oxygen atoms in total. The van der Waals surface area contributed by atoms with E-state index < -0.39 is 0 Å². The Kier molecular flexibility index (Phi) is 7.82. The van der Waals surface area contributed by atoms with Crippen molar-refractivity contribution in [2.45, 2.75) is 31.5 Å². The topological polar surface area (TPSA) is 45.7 Å². The van der Waals surface area contributed by atoms with Gasteiger partial charge in [0.05, 0.1) is 6.61 Å². The van der Waals surface area contributed by atoms with E-state index in [1.165, 1.54) is 27.1 Å². The number of ether oxygens (including phenoxy) is 1. The summed E-state index contributed by atoms with van der Waals surface area (Å²) >= 11 is 1.77. The van der Waals surface area contributed by atoms with Crippen LogP contribution in [0.25, 0.3) is 0 Å². The summed E-state index contributed by atoms with van der Waals surface area (Å²) in [6.07, 6.45) is 2.11. The minimum Gasteiger partial charge on any atom is -0.380 e. The normalized spacial score (nSPS) is 11.4. The van der Waals surface area contributed by atoms with E-state index in [0.717, 1.165) is 12.5 Å². The molecule has 2 aromatic rings. The third-order valence-corrected chi connectivity index (χ3v) is 4.80. The van der Waals surface area contributed by atoms with Crippen molar-refractivity contribution in [3.05, 3.63) is 64.7 Å². The van der Waals surface area contributed by atoms with Gasteiger partial charge in [0.1, 0.15) is 0 Å². The van der Waals surface area contributed by atoms with Gasteiger partial charge in [0, 0.05) is 32.1 Å². The number of guanidine groups is 1. The fraction of sp³-hybridized carbons (Fsp3) is 0.350. The Hall–Kier alpha value is -1.98. The fourth-order valence-electron chi connectivity index (χ4n) is 2.60. The lowest BCUT2D eigenvalue weighted by molar-refractivity contribution is 0.184. The Balaban J connectivity index is 1.96. The molecule has 2 aromatic carbocycles. The van der Waals surface area contributed by atoms with Crippen molar-refractivity contribution in [3.63, 3.8) is 0 Å². The van der Waals surface area contributed by atoms with Crippen LogP contribution in [-0.4, -0.2) is 26.4 Å². The van der Waals surface area contributed by atoms with Crippen molar-refractivity contribution < 1.29 is 4.74 Å². The minimum absolute atomic E-state index is 0.615. The predicted molar refractivity (Wildman–Crippen MR) is 107 cm³/mol. The van der Waals surface area contributed by atoms with E-state index in [-0.39, 0.29) is 0 Å². The second-order valence-electron chi connectivity index (χ2n) is 5.80. The lowest BCUT2D eigenvalue weighted by atomic mass is 10.1. The Morgan fingerprint density at radius 2 is 1.72 bits per heavy atom. The minimum atomic E-state index is 0.615. The van der Waals surface area contributed by atoms with Gasteiger partial charge in [-0.1, -0.05) is 36.4 Å². The molecule has 5 heteroatoms. The van der Waals surface area contributed by atoms with Crippen LogP contribution in [0, 0.1) is 6.92 Å². The molecular weight excluding hydrogens is 330 g/mol. The van der Waals surface area contributed by atoms with Gasteiger partial charge in [0.25, 0.3) is 0 Å². The molecule has 25 heavy (non-hydrogen) atoms. The Labute approximate surface area is 155 Å². The van der Waals surface area contributed by atoms with Crippen LogP contribution in [0.2, 0.25) is 0 Å². The van der Waals surface area contributed by atoms with Crippen molar-refractivity contribution in [2.75, 3.05) is 20.4 Å². The Morgan fingerprint density at radius 3 is 2.36 bits per heavy atom. The van der Waals surface area contributed by atoms with E-state index in [4.69, 9.17) is 4.74 Å². The van der Waals surface area contributed by atoms with Gasteiger partial charge in [0.15, 0.2) is 5.96 Å². The average molecular weight is 358 g/mol. The van der Waals surface area contributed by atoms with E-state index in [0.29, 0.717) is 13.2 Å². The molecule has 0 aliphatic carbocycles. The number of nitrogens with one attached hydrogen (secondary N) is 2. The summed E-state index contributed by atoms with van der Waals surface area (Å²) in [6.45, 7) is 4.19. The second-order valence-corrected chi connectivity index (χ2v) is 6.64. The monoisotopic (exact) mass is 357 g/mol. The molecule has 0 heterocycles. The molecule has 0 saturated heterocycles. The molecule has 0 unspecified atom stereocenters. The summed E-state index contributed by atoms with van der Waals surface area (Å²) in [6, 6.07) is 14.8. The molecule has 0 radical (unpaired) electrons. The third kappa shape index (κ3) is 5.80. The first-order valence-electron chi connectivity index (χ1n) is 8.31. The van der Waals surface area contributed by atoms with Crippen LogP contribution in [0.5, 0.6) is 0 Å². The van der Waals surface area contributed by atoms with Gasteiger partial charge in [-0.05, 0) is 41.5 Å². The quantitative estimate of drug-likeness (QED) is 0.450. The van der Waals surface area contributed by atoms with E-state index in [2.05, 4.69) is 59.1 Å². The highest BCUT2D eigenvalue weighted by Gasteiger charge is 2.05. The van der Waals surface area contributed by atoms with E-state index in [1.54, 1.807) is 25.9 Å².